The van der Waals surface area contributed by atoms with Gasteiger partial charge in [-0.05, 0) is 6.42 Å². The van der Waals surface area contributed by atoms with Gasteiger partial charge in [0.25, 0.3) is 0 Å². The molecule has 1 atom stereocenters. The van der Waals surface area contributed by atoms with Gasteiger partial charge in [-0.25, -0.2) is 4.98 Å². The molecular formula is C12H20N4OS. The third-order valence-electron chi connectivity index (χ3n) is 3.20. The minimum atomic E-state index is -0.332. The van der Waals surface area contributed by atoms with Gasteiger partial charge >= 0.3 is 0 Å². The van der Waals surface area contributed by atoms with E-state index in [1.807, 2.05) is 23.4 Å². The Morgan fingerprint density at radius 1 is 1.50 bits per heavy atom. The van der Waals surface area contributed by atoms with Gasteiger partial charge in [0.2, 0.25) is 5.91 Å². The predicted octanol–water partition coefficient (Wildman–Crippen LogP) is 0.919. The van der Waals surface area contributed by atoms with Crippen LogP contribution in [0.5, 0.6) is 0 Å². The fourth-order valence-corrected chi connectivity index (χ4v) is 2.86. The topological polar surface area (TPSA) is 62.5 Å². The van der Waals surface area contributed by atoms with Crippen molar-refractivity contribution < 1.29 is 4.79 Å². The van der Waals surface area contributed by atoms with Crippen molar-refractivity contribution in [3.63, 3.8) is 0 Å². The average Bonchev–Trinajstić information content (AvgIpc) is 2.92. The van der Waals surface area contributed by atoms with E-state index in [0.717, 1.165) is 44.2 Å². The lowest BCUT2D eigenvalue weighted by atomic mass is 10.1. The van der Waals surface area contributed by atoms with Crippen LogP contribution in [0.25, 0.3) is 0 Å². The van der Waals surface area contributed by atoms with Crippen LogP contribution in [0.2, 0.25) is 0 Å². The highest BCUT2D eigenvalue weighted by Gasteiger charge is 2.25. The summed E-state index contributed by atoms with van der Waals surface area (Å²) in [5.41, 5.74) is 5.87. The largest absolute Gasteiger partial charge is 0.345 e. The molecule has 1 fully saturated rings. The maximum atomic E-state index is 12.1. The summed E-state index contributed by atoms with van der Waals surface area (Å²) in [5, 5.41) is 3.02. The molecule has 1 aromatic rings. The number of hydrogen-bond acceptors (Lipinski definition) is 5. The molecule has 5 nitrogen and oxygen atoms in total. The zero-order valence-corrected chi connectivity index (χ0v) is 11.5. The fourth-order valence-electron chi connectivity index (χ4n) is 2.16. The zero-order valence-electron chi connectivity index (χ0n) is 10.7. The van der Waals surface area contributed by atoms with E-state index in [-0.39, 0.29) is 11.9 Å². The van der Waals surface area contributed by atoms with Crippen molar-refractivity contribution in [3.05, 3.63) is 11.6 Å². The van der Waals surface area contributed by atoms with Gasteiger partial charge in [0.15, 0.2) is 5.13 Å². The van der Waals surface area contributed by atoms with Crippen LogP contribution in [-0.2, 0) is 4.79 Å². The van der Waals surface area contributed by atoms with E-state index in [9.17, 15) is 4.79 Å². The lowest BCUT2D eigenvalue weighted by Crippen LogP contribution is -2.53. The monoisotopic (exact) mass is 268 g/mol. The van der Waals surface area contributed by atoms with Crippen molar-refractivity contribution in [2.24, 2.45) is 5.73 Å². The molecule has 2 rings (SSSR count). The molecule has 0 aliphatic carbocycles. The number of carbonyl (C=O) groups is 1. The first-order chi connectivity index (χ1) is 8.72. The summed E-state index contributed by atoms with van der Waals surface area (Å²) in [6.07, 6.45) is 3.53. The molecular weight excluding hydrogens is 248 g/mol. The fraction of sp³-hybridized carbons (Fsp3) is 0.667. The summed E-state index contributed by atoms with van der Waals surface area (Å²) in [6.45, 7) is 5.23. The normalized spacial score (nSPS) is 17.9. The first kappa shape index (κ1) is 13.3. The van der Waals surface area contributed by atoms with E-state index in [0.29, 0.717) is 0 Å². The van der Waals surface area contributed by atoms with Gasteiger partial charge in [-0.2, -0.15) is 0 Å². The summed E-state index contributed by atoms with van der Waals surface area (Å²) < 4.78 is 0. The van der Waals surface area contributed by atoms with Gasteiger partial charge in [0, 0.05) is 37.8 Å². The summed E-state index contributed by atoms with van der Waals surface area (Å²) in [4.78, 5) is 20.4. The summed E-state index contributed by atoms with van der Waals surface area (Å²) in [7, 11) is 0. The Bertz CT molecular complexity index is 373. The number of carbonyl (C=O) groups excluding carboxylic acids is 1. The minimum Gasteiger partial charge on any atom is -0.345 e. The number of amides is 1. The highest BCUT2D eigenvalue weighted by atomic mass is 32.1. The summed E-state index contributed by atoms with van der Waals surface area (Å²) in [6, 6.07) is -0.332. The van der Waals surface area contributed by atoms with Crippen LogP contribution in [0.4, 0.5) is 5.13 Å². The molecule has 0 unspecified atom stereocenters. The predicted molar refractivity (Wildman–Crippen MR) is 73.8 cm³/mol. The van der Waals surface area contributed by atoms with Crippen molar-refractivity contribution in [1.82, 2.24) is 9.88 Å². The van der Waals surface area contributed by atoms with Crippen molar-refractivity contribution in [1.29, 1.82) is 0 Å². The van der Waals surface area contributed by atoms with Gasteiger partial charge in [-0.1, -0.05) is 13.3 Å². The summed E-state index contributed by atoms with van der Waals surface area (Å²) >= 11 is 1.64. The van der Waals surface area contributed by atoms with E-state index >= 15 is 0 Å². The van der Waals surface area contributed by atoms with E-state index in [4.69, 9.17) is 5.73 Å². The van der Waals surface area contributed by atoms with Gasteiger partial charge in [-0.15, -0.1) is 11.3 Å². The van der Waals surface area contributed by atoms with Crippen molar-refractivity contribution in [3.8, 4) is 0 Å². The Labute approximate surface area is 112 Å². The van der Waals surface area contributed by atoms with Crippen molar-refractivity contribution >= 4 is 22.4 Å². The summed E-state index contributed by atoms with van der Waals surface area (Å²) in [5.74, 6) is 0.0932. The Kier molecular flexibility index (Phi) is 4.54. The van der Waals surface area contributed by atoms with Crippen LogP contribution in [0, 0.1) is 0 Å². The molecule has 18 heavy (non-hydrogen) atoms. The SMILES string of the molecule is CCC[C@@H](N)C(=O)N1CCN(c2nccs2)CC1. The number of piperazine rings is 1. The number of nitrogens with two attached hydrogens (primary N) is 1. The second-order valence-electron chi connectivity index (χ2n) is 4.52. The van der Waals surface area contributed by atoms with Crippen LogP contribution in [-0.4, -0.2) is 48.0 Å². The number of hydrogen-bond donors (Lipinski definition) is 1. The first-order valence-corrected chi connectivity index (χ1v) is 7.29. The molecule has 1 amide bonds. The minimum absolute atomic E-state index is 0.0932. The quantitative estimate of drug-likeness (QED) is 0.882. The Balaban J connectivity index is 1.85. The molecule has 1 aliphatic heterocycles. The Morgan fingerprint density at radius 3 is 2.78 bits per heavy atom. The van der Waals surface area contributed by atoms with Crippen LogP contribution in [0.3, 0.4) is 0 Å². The van der Waals surface area contributed by atoms with Gasteiger partial charge in [0.1, 0.15) is 0 Å². The van der Waals surface area contributed by atoms with Crippen LogP contribution < -0.4 is 10.6 Å². The van der Waals surface area contributed by atoms with Crippen LogP contribution in [0.15, 0.2) is 11.6 Å². The maximum absolute atomic E-state index is 12.1. The molecule has 1 saturated heterocycles. The molecule has 1 aliphatic rings. The molecule has 0 spiro atoms. The highest BCUT2D eigenvalue weighted by molar-refractivity contribution is 7.13. The van der Waals surface area contributed by atoms with E-state index < -0.39 is 0 Å². The molecule has 0 aromatic carbocycles. The Hall–Kier alpha value is -1.14. The molecule has 100 valence electrons. The number of thiazole rings is 1. The molecule has 1 aromatic heterocycles. The Morgan fingerprint density at radius 2 is 2.22 bits per heavy atom. The molecule has 0 radical (unpaired) electrons. The highest BCUT2D eigenvalue weighted by Crippen LogP contribution is 2.19. The zero-order chi connectivity index (χ0) is 13.0. The average molecular weight is 268 g/mol. The van der Waals surface area contributed by atoms with Crippen molar-refractivity contribution in [2.75, 3.05) is 31.1 Å². The van der Waals surface area contributed by atoms with Crippen LogP contribution >= 0.6 is 11.3 Å². The lowest BCUT2D eigenvalue weighted by Gasteiger charge is -2.35. The number of aromatic nitrogens is 1. The van der Waals surface area contributed by atoms with Gasteiger partial charge in [-0.3, -0.25) is 4.79 Å². The first-order valence-electron chi connectivity index (χ1n) is 6.41. The second-order valence-corrected chi connectivity index (χ2v) is 5.40. The number of anilines is 1. The smallest absolute Gasteiger partial charge is 0.239 e. The number of nitrogens with zero attached hydrogens (tertiary/aromatic N) is 3. The lowest BCUT2D eigenvalue weighted by molar-refractivity contribution is -0.133. The van der Waals surface area contributed by atoms with Gasteiger partial charge < -0.3 is 15.5 Å². The maximum Gasteiger partial charge on any atom is 0.239 e. The molecule has 2 N–H and O–H groups in total. The van der Waals surface area contributed by atoms with Crippen LogP contribution in [0.1, 0.15) is 19.8 Å². The number of rotatable bonds is 4. The van der Waals surface area contributed by atoms with Gasteiger partial charge in [0.05, 0.1) is 6.04 Å². The second kappa shape index (κ2) is 6.15. The molecule has 2 heterocycles. The molecule has 0 saturated carbocycles. The standard InChI is InChI=1S/C12H20N4OS/c1-2-3-10(13)11(17)15-5-7-16(8-6-15)12-14-4-9-18-12/h4,9-10H,2-3,5-8,13H2,1H3/t10-/m1/s1. The molecule has 0 bridgehead atoms. The van der Waals surface area contributed by atoms with E-state index in [2.05, 4.69) is 9.88 Å². The molecule has 6 heteroatoms. The van der Waals surface area contributed by atoms with E-state index in [1.54, 1.807) is 11.3 Å². The third-order valence-corrected chi connectivity index (χ3v) is 4.03. The van der Waals surface area contributed by atoms with E-state index in [1.165, 1.54) is 0 Å². The van der Waals surface area contributed by atoms with Crippen molar-refractivity contribution in [2.45, 2.75) is 25.8 Å². The third kappa shape index (κ3) is 3.00.